The molecule has 2 aromatic rings. The zero-order valence-corrected chi connectivity index (χ0v) is 16.1. The molecular weight excluding hydrogens is 340 g/mol. The van der Waals surface area contributed by atoms with Crippen molar-refractivity contribution in [1.29, 1.82) is 0 Å². The zero-order valence-electron chi connectivity index (χ0n) is 16.1. The van der Waals surface area contributed by atoms with Gasteiger partial charge in [0.2, 0.25) is 11.8 Å². The van der Waals surface area contributed by atoms with E-state index in [9.17, 15) is 9.59 Å². The third kappa shape index (κ3) is 4.13. The number of para-hydroxylation sites is 1. The van der Waals surface area contributed by atoms with E-state index in [1.165, 1.54) is 12.5 Å². The quantitative estimate of drug-likeness (QED) is 0.781. The number of amides is 2. The van der Waals surface area contributed by atoms with E-state index < -0.39 is 0 Å². The summed E-state index contributed by atoms with van der Waals surface area (Å²) in [5.41, 5.74) is 2.97. The minimum atomic E-state index is -0.0816. The van der Waals surface area contributed by atoms with Gasteiger partial charge in [0.1, 0.15) is 5.75 Å². The molecule has 1 atom stereocenters. The molecule has 1 aliphatic rings. The number of benzene rings is 2. The van der Waals surface area contributed by atoms with Gasteiger partial charge < -0.3 is 14.5 Å². The first-order valence-corrected chi connectivity index (χ1v) is 9.42. The van der Waals surface area contributed by atoms with E-state index in [-0.39, 0.29) is 24.3 Å². The number of anilines is 2. The van der Waals surface area contributed by atoms with Crippen LogP contribution in [0.5, 0.6) is 5.75 Å². The molecule has 1 aliphatic heterocycles. The van der Waals surface area contributed by atoms with Crippen LogP contribution in [0.2, 0.25) is 0 Å². The molecule has 0 spiro atoms. The largest absolute Gasteiger partial charge is 0.494 e. The topological polar surface area (TPSA) is 49.9 Å². The maximum Gasteiger partial charge on any atom is 0.229 e. The van der Waals surface area contributed by atoms with E-state index in [1.807, 2.05) is 54.3 Å². The summed E-state index contributed by atoms with van der Waals surface area (Å²) in [7, 11) is 0. The van der Waals surface area contributed by atoms with Crippen LogP contribution in [0.3, 0.4) is 0 Å². The van der Waals surface area contributed by atoms with Crippen LogP contribution in [0.1, 0.15) is 32.8 Å². The van der Waals surface area contributed by atoms with Crippen molar-refractivity contribution in [2.45, 2.75) is 39.7 Å². The molecule has 0 fully saturated rings. The Morgan fingerprint density at radius 2 is 1.85 bits per heavy atom. The van der Waals surface area contributed by atoms with Gasteiger partial charge in [-0.3, -0.25) is 9.59 Å². The van der Waals surface area contributed by atoms with Crippen LogP contribution in [0.15, 0.2) is 48.5 Å². The minimum Gasteiger partial charge on any atom is -0.494 e. The van der Waals surface area contributed by atoms with Crippen molar-refractivity contribution in [3.8, 4) is 5.75 Å². The minimum absolute atomic E-state index is 0.0460. The smallest absolute Gasteiger partial charge is 0.229 e. The predicted octanol–water partition coefficient (Wildman–Crippen LogP) is 3.81. The van der Waals surface area contributed by atoms with Crippen molar-refractivity contribution in [3.63, 3.8) is 0 Å². The summed E-state index contributed by atoms with van der Waals surface area (Å²) in [6.07, 6.45) is 1.16. The molecule has 2 aromatic carbocycles. The number of ether oxygens (including phenoxy) is 1. The Morgan fingerprint density at radius 3 is 2.52 bits per heavy atom. The lowest BCUT2D eigenvalue weighted by Gasteiger charge is -2.26. The van der Waals surface area contributed by atoms with Gasteiger partial charge in [-0.25, -0.2) is 0 Å². The van der Waals surface area contributed by atoms with Gasteiger partial charge in [-0.1, -0.05) is 18.2 Å². The summed E-state index contributed by atoms with van der Waals surface area (Å²) in [6, 6.07) is 15.6. The number of fused-ring (bicyclic) bond motifs is 1. The highest BCUT2D eigenvalue weighted by Gasteiger charge is 2.30. The summed E-state index contributed by atoms with van der Waals surface area (Å²) in [4.78, 5) is 28.5. The van der Waals surface area contributed by atoms with Crippen LogP contribution < -0.4 is 14.5 Å². The Kier molecular flexibility index (Phi) is 5.79. The lowest BCUT2D eigenvalue weighted by atomic mass is 10.1. The molecule has 2 amide bonds. The van der Waals surface area contributed by atoms with Crippen molar-refractivity contribution in [3.05, 3.63) is 54.1 Å². The highest BCUT2D eigenvalue weighted by Crippen LogP contribution is 2.32. The van der Waals surface area contributed by atoms with Crippen LogP contribution in [0.4, 0.5) is 11.4 Å². The fourth-order valence-corrected chi connectivity index (χ4v) is 3.63. The number of hydrogen-bond donors (Lipinski definition) is 0. The Labute approximate surface area is 160 Å². The van der Waals surface area contributed by atoms with Crippen molar-refractivity contribution < 1.29 is 14.3 Å². The fourth-order valence-electron chi connectivity index (χ4n) is 3.63. The summed E-state index contributed by atoms with van der Waals surface area (Å²) in [5.74, 6) is 0.731. The predicted molar refractivity (Wildman–Crippen MR) is 107 cm³/mol. The molecule has 5 nitrogen and oxygen atoms in total. The van der Waals surface area contributed by atoms with Crippen molar-refractivity contribution in [2.24, 2.45) is 0 Å². The average Bonchev–Trinajstić information content (AvgIpc) is 2.98. The second-order valence-electron chi connectivity index (χ2n) is 6.79. The van der Waals surface area contributed by atoms with Gasteiger partial charge in [-0.2, -0.15) is 0 Å². The molecule has 3 rings (SSSR count). The monoisotopic (exact) mass is 366 g/mol. The van der Waals surface area contributed by atoms with Gasteiger partial charge in [-0.05, 0) is 56.2 Å². The van der Waals surface area contributed by atoms with Crippen molar-refractivity contribution in [2.75, 3.05) is 23.0 Å². The van der Waals surface area contributed by atoms with E-state index in [4.69, 9.17) is 4.74 Å². The van der Waals surface area contributed by atoms with Crippen LogP contribution in [-0.2, 0) is 16.0 Å². The van der Waals surface area contributed by atoms with Gasteiger partial charge in [0.15, 0.2) is 0 Å². The van der Waals surface area contributed by atoms with Gasteiger partial charge >= 0.3 is 0 Å². The number of hydrogen-bond acceptors (Lipinski definition) is 3. The number of carbonyl (C=O) groups is 2. The standard InChI is InChI=1S/C22H26N2O3/c1-4-27-20-11-9-19(10-12-20)23(17(3)25)14-13-22(26)24-16(2)15-18-7-5-6-8-21(18)24/h5-12,16H,4,13-15H2,1-3H3. The Bertz CT molecular complexity index is 817. The van der Waals surface area contributed by atoms with Gasteiger partial charge in [0.05, 0.1) is 6.61 Å². The van der Waals surface area contributed by atoms with E-state index in [2.05, 4.69) is 13.0 Å². The first-order valence-electron chi connectivity index (χ1n) is 9.42. The Morgan fingerprint density at radius 1 is 1.15 bits per heavy atom. The van der Waals surface area contributed by atoms with Gasteiger partial charge in [0.25, 0.3) is 0 Å². The highest BCUT2D eigenvalue weighted by molar-refractivity contribution is 5.98. The summed E-state index contributed by atoms with van der Waals surface area (Å²) in [6.45, 7) is 6.47. The lowest BCUT2D eigenvalue weighted by molar-refractivity contribution is -0.119. The molecule has 1 unspecified atom stereocenters. The molecule has 0 saturated carbocycles. The first kappa shape index (κ1) is 19.0. The molecule has 1 heterocycles. The lowest BCUT2D eigenvalue weighted by Crippen LogP contribution is -2.39. The van der Waals surface area contributed by atoms with Crippen molar-refractivity contribution >= 4 is 23.2 Å². The van der Waals surface area contributed by atoms with Gasteiger partial charge in [0, 0.05) is 37.3 Å². The maximum absolute atomic E-state index is 12.9. The van der Waals surface area contributed by atoms with Crippen LogP contribution >= 0.6 is 0 Å². The Balaban J connectivity index is 1.69. The average molecular weight is 366 g/mol. The van der Waals surface area contributed by atoms with Crippen LogP contribution in [-0.4, -0.2) is 31.0 Å². The van der Waals surface area contributed by atoms with E-state index in [0.717, 1.165) is 23.5 Å². The molecule has 27 heavy (non-hydrogen) atoms. The van der Waals surface area contributed by atoms with E-state index in [0.29, 0.717) is 13.2 Å². The zero-order chi connectivity index (χ0) is 19.4. The third-order valence-corrected chi connectivity index (χ3v) is 4.86. The first-order chi connectivity index (χ1) is 13.0. The molecule has 0 saturated heterocycles. The summed E-state index contributed by atoms with van der Waals surface area (Å²) >= 11 is 0. The van der Waals surface area contributed by atoms with Gasteiger partial charge in [-0.15, -0.1) is 0 Å². The highest BCUT2D eigenvalue weighted by atomic mass is 16.5. The number of carbonyl (C=O) groups excluding carboxylic acids is 2. The summed E-state index contributed by atoms with van der Waals surface area (Å²) in [5, 5.41) is 0. The molecule has 0 aliphatic carbocycles. The molecule has 5 heteroatoms. The van der Waals surface area contributed by atoms with Crippen molar-refractivity contribution in [1.82, 2.24) is 0 Å². The maximum atomic E-state index is 12.9. The Hall–Kier alpha value is -2.82. The molecule has 0 bridgehead atoms. The van der Waals surface area contributed by atoms with Crippen LogP contribution in [0.25, 0.3) is 0 Å². The second kappa shape index (κ2) is 8.25. The molecule has 0 radical (unpaired) electrons. The fraction of sp³-hybridized carbons (Fsp3) is 0.364. The van der Waals surface area contributed by atoms with E-state index >= 15 is 0 Å². The molecular formula is C22H26N2O3. The third-order valence-electron chi connectivity index (χ3n) is 4.86. The number of rotatable bonds is 6. The SMILES string of the molecule is CCOc1ccc(N(CCC(=O)N2c3ccccc3CC2C)C(C)=O)cc1. The summed E-state index contributed by atoms with van der Waals surface area (Å²) < 4.78 is 5.45. The molecule has 0 N–H and O–H groups in total. The second-order valence-corrected chi connectivity index (χ2v) is 6.79. The van der Waals surface area contributed by atoms with E-state index in [1.54, 1.807) is 4.90 Å². The molecule has 142 valence electrons. The molecule has 0 aromatic heterocycles. The normalized spacial score (nSPS) is 15.4. The number of nitrogens with zero attached hydrogens (tertiary/aromatic N) is 2. The van der Waals surface area contributed by atoms with Crippen LogP contribution in [0, 0.1) is 0 Å².